The van der Waals surface area contributed by atoms with Crippen LogP contribution in [0.1, 0.15) is 27.2 Å². The number of esters is 1. The highest BCUT2D eigenvalue weighted by atomic mass is 32.2. The summed E-state index contributed by atoms with van der Waals surface area (Å²) < 4.78 is 4.98. The van der Waals surface area contributed by atoms with Crippen LogP contribution in [0.2, 0.25) is 0 Å². The smallest absolute Gasteiger partial charge is 0.314 e. The molecule has 1 saturated heterocycles. The van der Waals surface area contributed by atoms with Gasteiger partial charge in [0, 0.05) is 5.75 Å². The van der Waals surface area contributed by atoms with Gasteiger partial charge >= 0.3 is 5.97 Å². The van der Waals surface area contributed by atoms with Crippen LogP contribution in [0.15, 0.2) is 0 Å². The Morgan fingerprint density at radius 2 is 2.29 bits per heavy atom. The summed E-state index contributed by atoms with van der Waals surface area (Å²) in [7, 11) is 0. The molecule has 0 aromatic heterocycles. The van der Waals surface area contributed by atoms with Crippen molar-refractivity contribution in [2.24, 2.45) is 5.41 Å². The Balaban J connectivity index is 2.76. The molecule has 1 unspecified atom stereocenters. The molecule has 0 aromatic carbocycles. The molecule has 4 heteroatoms. The first kappa shape index (κ1) is 11.9. The monoisotopic (exact) mass is 218 g/mol. The molecule has 0 amide bonds. The zero-order valence-corrected chi connectivity index (χ0v) is 9.82. The minimum absolute atomic E-state index is 0.301. The van der Waals surface area contributed by atoms with Gasteiger partial charge in [-0.2, -0.15) is 11.8 Å². The first-order valence-electron chi connectivity index (χ1n) is 4.91. The van der Waals surface area contributed by atoms with Crippen molar-refractivity contribution in [3.8, 4) is 0 Å². The number of hydrogen-bond donors (Lipinski definition) is 1. The second kappa shape index (κ2) is 4.11. The normalized spacial score (nSPS) is 27.7. The first-order valence-corrected chi connectivity index (χ1v) is 6.07. The van der Waals surface area contributed by atoms with Crippen LogP contribution in [0.4, 0.5) is 0 Å². The standard InChI is InChI=1S/C10H18O3S/c1-4-13-8(11)9(2,3)10(12)5-6-14-7-10/h12H,4-7H2,1-3H3. The quantitative estimate of drug-likeness (QED) is 0.728. The van der Waals surface area contributed by atoms with Gasteiger partial charge in [0.25, 0.3) is 0 Å². The van der Waals surface area contributed by atoms with Crippen LogP contribution in [-0.4, -0.2) is 34.8 Å². The van der Waals surface area contributed by atoms with Crippen molar-refractivity contribution < 1.29 is 14.6 Å². The van der Waals surface area contributed by atoms with Crippen LogP contribution in [0.25, 0.3) is 0 Å². The molecule has 82 valence electrons. The number of carbonyl (C=O) groups excluding carboxylic acids is 1. The molecule has 1 rings (SSSR count). The largest absolute Gasteiger partial charge is 0.465 e. The highest BCUT2D eigenvalue weighted by Crippen LogP contribution is 2.42. The fraction of sp³-hybridized carbons (Fsp3) is 0.900. The fourth-order valence-electron chi connectivity index (χ4n) is 1.55. The minimum Gasteiger partial charge on any atom is -0.465 e. The van der Waals surface area contributed by atoms with E-state index in [1.165, 1.54) is 0 Å². The van der Waals surface area contributed by atoms with Gasteiger partial charge in [-0.05, 0) is 32.9 Å². The van der Waals surface area contributed by atoms with Crippen molar-refractivity contribution in [2.75, 3.05) is 18.1 Å². The van der Waals surface area contributed by atoms with E-state index in [1.54, 1.807) is 32.5 Å². The van der Waals surface area contributed by atoms with Crippen LogP contribution in [-0.2, 0) is 9.53 Å². The summed E-state index contributed by atoms with van der Waals surface area (Å²) in [6.45, 7) is 5.67. The molecule has 1 atom stereocenters. The summed E-state index contributed by atoms with van der Waals surface area (Å²) >= 11 is 1.69. The topological polar surface area (TPSA) is 46.5 Å². The first-order chi connectivity index (χ1) is 6.44. The molecule has 1 aliphatic rings. The number of rotatable bonds is 3. The van der Waals surface area contributed by atoms with Gasteiger partial charge in [-0.15, -0.1) is 0 Å². The van der Waals surface area contributed by atoms with E-state index in [9.17, 15) is 9.90 Å². The van der Waals surface area contributed by atoms with E-state index in [0.29, 0.717) is 18.8 Å². The minimum atomic E-state index is -0.899. The molecule has 14 heavy (non-hydrogen) atoms. The zero-order chi connectivity index (χ0) is 10.8. The van der Waals surface area contributed by atoms with Crippen molar-refractivity contribution in [2.45, 2.75) is 32.8 Å². The third-order valence-electron chi connectivity index (χ3n) is 2.95. The van der Waals surface area contributed by atoms with E-state index in [2.05, 4.69) is 0 Å². The van der Waals surface area contributed by atoms with Crippen LogP contribution in [0, 0.1) is 5.41 Å². The Bertz CT molecular complexity index is 219. The van der Waals surface area contributed by atoms with E-state index in [0.717, 1.165) is 5.75 Å². The SMILES string of the molecule is CCOC(=O)C(C)(C)C1(O)CCSC1. The Kier molecular flexibility index (Phi) is 3.48. The highest BCUT2D eigenvalue weighted by Gasteiger charge is 2.51. The van der Waals surface area contributed by atoms with Crippen molar-refractivity contribution >= 4 is 17.7 Å². The molecule has 1 N–H and O–H groups in total. The Morgan fingerprint density at radius 3 is 2.71 bits per heavy atom. The molecule has 1 aliphatic heterocycles. The van der Waals surface area contributed by atoms with Crippen molar-refractivity contribution in [1.82, 2.24) is 0 Å². The van der Waals surface area contributed by atoms with Gasteiger partial charge in [-0.25, -0.2) is 0 Å². The van der Waals surface area contributed by atoms with Gasteiger partial charge in [0.05, 0.1) is 17.6 Å². The summed E-state index contributed by atoms with van der Waals surface area (Å²) in [5, 5.41) is 10.3. The average Bonchev–Trinajstić information content (AvgIpc) is 2.54. The Labute approximate surface area is 89.2 Å². The predicted molar refractivity (Wildman–Crippen MR) is 57.3 cm³/mol. The molecule has 3 nitrogen and oxygen atoms in total. The number of aliphatic hydroxyl groups is 1. The molecular formula is C10H18O3S. The van der Waals surface area contributed by atoms with Crippen molar-refractivity contribution in [1.29, 1.82) is 0 Å². The van der Waals surface area contributed by atoms with Gasteiger partial charge in [-0.1, -0.05) is 0 Å². The Hall–Kier alpha value is -0.220. The third-order valence-corrected chi connectivity index (χ3v) is 4.12. The summed E-state index contributed by atoms with van der Waals surface area (Å²) in [5.74, 6) is 1.24. The molecule has 0 radical (unpaired) electrons. The number of hydrogen-bond acceptors (Lipinski definition) is 4. The maximum Gasteiger partial charge on any atom is 0.314 e. The average molecular weight is 218 g/mol. The third kappa shape index (κ3) is 1.91. The lowest BCUT2D eigenvalue weighted by molar-refractivity contribution is -0.168. The maximum atomic E-state index is 11.7. The van der Waals surface area contributed by atoms with Gasteiger partial charge in [0.1, 0.15) is 0 Å². The van der Waals surface area contributed by atoms with Gasteiger partial charge in [0.2, 0.25) is 0 Å². The lowest BCUT2D eigenvalue weighted by Gasteiger charge is -2.36. The lowest BCUT2D eigenvalue weighted by Crippen LogP contribution is -2.50. The fourth-order valence-corrected chi connectivity index (χ4v) is 3.02. The highest BCUT2D eigenvalue weighted by molar-refractivity contribution is 7.99. The molecule has 0 saturated carbocycles. The number of thioether (sulfide) groups is 1. The van der Waals surface area contributed by atoms with E-state index >= 15 is 0 Å². The predicted octanol–water partition coefficient (Wildman–Crippen LogP) is 1.44. The molecule has 0 bridgehead atoms. The molecule has 1 fully saturated rings. The van der Waals surface area contributed by atoms with E-state index in [-0.39, 0.29) is 5.97 Å². The second-order valence-electron chi connectivity index (χ2n) is 4.18. The summed E-state index contributed by atoms with van der Waals surface area (Å²) in [6, 6.07) is 0. The van der Waals surface area contributed by atoms with Crippen LogP contribution in [0.3, 0.4) is 0 Å². The van der Waals surface area contributed by atoms with E-state index < -0.39 is 11.0 Å². The molecule has 1 heterocycles. The van der Waals surface area contributed by atoms with Crippen molar-refractivity contribution in [3.05, 3.63) is 0 Å². The number of carbonyl (C=O) groups is 1. The molecule has 0 aromatic rings. The lowest BCUT2D eigenvalue weighted by atomic mass is 9.74. The van der Waals surface area contributed by atoms with Crippen LogP contribution < -0.4 is 0 Å². The van der Waals surface area contributed by atoms with E-state index in [1.807, 2.05) is 0 Å². The number of ether oxygens (including phenoxy) is 1. The molecule has 0 spiro atoms. The summed E-state index contributed by atoms with van der Waals surface area (Å²) in [5.41, 5.74) is -1.70. The molecule has 0 aliphatic carbocycles. The Morgan fingerprint density at radius 1 is 1.64 bits per heavy atom. The van der Waals surface area contributed by atoms with Gasteiger partial charge < -0.3 is 9.84 Å². The van der Waals surface area contributed by atoms with Crippen LogP contribution in [0.5, 0.6) is 0 Å². The van der Waals surface area contributed by atoms with Gasteiger partial charge in [0.15, 0.2) is 0 Å². The van der Waals surface area contributed by atoms with Gasteiger partial charge in [-0.3, -0.25) is 4.79 Å². The maximum absolute atomic E-state index is 11.7. The molecular weight excluding hydrogens is 200 g/mol. The van der Waals surface area contributed by atoms with Crippen molar-refractivity contribution in [3.63, 3.8) is 0 Å². The summed E-state index contributed by atoms with van der Waals surface area (Å²) in [4.78, 5) is 11.7. The summed E-state index contributed by atoms with van der Waals surface area (Å²) in [6.07, 6.45) is 0.670. The zero-order valence-electron chi connectivity index (χ0n) is 9.00. The van der Waals surface area contributed by atoms with E-state index in [4.69, 9.17) is 4.74 Å². The van der Waals surface area contributed by atoms with Crippen LogP contribution >= 0.6 is 11.8 Å². The second-order valence-corrected chi connectivity index (χ2v) is 5.28.